The number of nitrogens with one attached hydrogen (secondary N) is 3. The molecule has 2 aromatic carbocycles. The van der Waals surface area contributed by atoms with Crippen LogP contribution in [0.3, 0.4) is 0 Å². The van der Waals surface area contributed by atoms with Gasteiger partial charge in [0.15, 0.2) is 0 Å². The van der Waals surface area contributed by atoms with Gasteiger partial charge in [0.2, 0.25) is 5.91 Å². The number of halogens is 1. The van der Waals surface area contributed by atoms with Crippen LogP contribution >= 0.6 is 11.6 Å². The molecule has 9 heteroatoms. The van der Waals surface area contributed by atoms with Crippen LogP contribution < -0.4 is 16.0 Å². The molecule has 4 rings (SSSR count). The lowest BCUT2D eigenvalue weighted by atomic mass is 9.95. The van der Waals surface area contributed by atoms with Crippen molar-refractivity contribution in [2.75, 3.05) is 43.5 Å². The standard InChI is InChI=1S/C26H31ClN4O4/c27-23-11-10-21(16-22(23)25(33)30-19-4-2-1-3-5-19)28-17-24(32)29-20-8-6-18(7-9-20)26(34)31-12-14-35-15-13-31/h6-11,16,19,28H,1-5,12-15,17H2,(H,29,32)(H,30,33). The molecule has 1 aliphatic heterocycles. The van der Waals surface area contributed by atoms with Crippen LogP contribution in [0.4, 0.5) is 11.4 Å². The van der Waals surface area contributed by atoms with Gasteiger partial charge in [-0.3, -0.25) is 14.4 Å². The Bertz CT molecular complexity index is 1050. The van der Waals surface area contributed by atoms with Crippen LogP contribution in [0.25, 0.3) is 0 Å². The van der Waals surface area contributed by atoms with Crippen LogP contribution in [0, 0.1) is 0 Å². The Morgan fingerprint density at radius 2 is 1.63 bits per heavy atom. The molecule has 1 aliphatic carbocycles. The lowest BCUT2D eigenvalue weighted by Gasteiger charge is -2.26. The number of carbonyl (C=O) groups is 3. The third-order valence-electron chi connectivity index (χ3n) is 6.32. The SMILES string of the molecule is O=C(CNc1ccc(Cl)c(C(=O)NC2CCCCC2)c1)Nc1ccc(C(=O)N2CCOCC2)cc1. The number of amides is 3. The Morgan fingerprint density at radius 3 is 2.34 bits per heavy atom. The number of benzene rings is 2. The molecule has 0 bridgehead atoms. The summed E-state index contributed by atoms with van der Waals surface area (Å²) in [6.07, 6.45) is 5.45. The largest absolute Gasteiger partial charge is 0.378 e. The van der Waals surface area contributed by atoms with E-state index in [9.17, 15) is 14.4 Å². The Balaban J connectivity index is 1.28. The molecular formula is C26H31ClN4O4. The van der Waals surface area contributed by atoms with Crippen LogP contribution in [0.2, 0.25) is 5.02 Å². The van der Waals surface area contributed by atoms with Gasteiger partial charge in [0.05, 0.1) is 30.3 Å². The van der Waals surface area contributed by atoms with E-state index < -0.39 is 0 Å². The van der Waals surface area contributed by atoms with Gasteiger partial charge in [-0.2, -0.15) is 0 Å². The minimum atomic E-state index is -0.250. The van der Waals surface area contributed by atoms with E-state index in [1.165, 1.54) is 6.42 Å². The number of carbonyl (C=O) groups excluding carboxylic acids is 3. The van der Waals surface area contributed by atoms with Crippen molar-refractivity contribution in [2.45, 2.75) is 38.1 Å². The lowest BCUT2D eigenvalue weighted by molar-refractivity contribution is -0.114. The Hall–Kier alpha value is -3.10. The third-order valence-corrected chi connectivity index (χ3v) is 6.65. The summed E-state index contributed by atoms with van der Waals surface area (Å²) in [7, 11) is 0. The van der Waals surface area contributed by atoms with Crippen LogP contribution in [-0.4, -0.2) is 61.5 Å². The molecule has 3 amide bonds. The lowest BCUT2D eigenvalue weighted by Crippen LogP contribution is -2.40. The van der Waals surface area contributed by atoms with Crippen LogP contribution in [-0.2, 0) is 9.53 Å². The van der Waals surface area contributed by atoms with Gasteiger partial charge in [-0.1, -0.05) is 30.9 Å². The van der Waals surface area contributed by atoms with E-state index in [0.717, 1.165) is 25.7 Å². The van der Waals surface area contributed by atoms with Crippen molar-refractivity contribution in [3.63, 3.8) is 0 Å². The molecule has 2 fully saturated rings. The van der Waals surface area contributed by atoms with E-state index in [0.29, 0.717) is 53.8 Å². The number of anilines is 2. The van der Waals surface area contributed by atoms with E-state index in [1.54, 1.807) is 47.4 Å². The van der Waals surface area contributed by atoms with Crippen LogP contribution in [0.5, 0.6) is 0 Å². The predicted molar refractivity (Wildman–Crippen MR) is 136 cm³/mol. The summed E-state index contributed by atoms with van der Waals surface area (Å²) >= 11 is 6.26. The van der Waals surface area contributed by atoms with Gasteiger partial charge in [-0.15, -0.1) is 0 Å². The van der Waals surface area contributed by atoms with Gasteiger partial charge in [-0.25, -0.2) is 0 Å². The predicted octanol–water partition coefficient (Wildman–Crippen LogP) is 3.93. The van der Waals surface area contributed by atoms with E-state index in [1.807, 2.05) is 0 Å². The molecule has 1 heterocycles. The van der Waals surface area contributed by atoms with Crippen LogP contribution in [0.1, 0.15) is 52.8 Å². The summed E-state index contributed by atoms with van der Waals surface area (Å²) in [5.41, 5.74) is 2.19. The summed E-state index contributed by atoms with van der Waals surface area (Å²) in [6.45, 7) is 2.27. The minimum Gasteiger partial charge on any atom is -0.378 e. The highest BCUT2D eigenvalue weighted by molar-refractivity contribution is 6.34. The Labute approximate surface area is 210 Å². The number of hydrogen-bond acceptors (Lipinski definition) is 5. The maximum Gasteiger partial charge on any atom is 0.254 e. The maximum atomic E-state index is 12.7. The zero-order chi connectivity index (χ0) is 24.6. The molecule has 0 radical (unpaired) electrons. The van der Waals surface area contributed by atoms with Gasteiger partial charge in [0, 0.05) is 36.1 Å². The molecule has 0 atom stereocenters. The molecule has 35 heavy (non-hydrogen) atoms. The normalized spacial score (nSPS) is 16.4. The highest BCUT2D eigenvalue weighted by atomic mass is 35.5. The highest BCUT2D eigenvalue weighted by Crippen LogP contribution is 2.23. The van der Waals surface area contributed by atoms with Gasteiger partial charge < -0.3 is 25.6 Å². The fourth-order valence-corrected chi connectivity index (χ4v) is 4.56. The molecule has 3 N–H and O–H groups in total. The molecule has 2 aliphatic rings. The minimum absolute atomic E-state index is 0.0137. The first kappa shape index (κ1) is 25.0. The van der Waals surface area contributed by atoms with E-state index in [2.05, 4.69) is 16.0 Å². The molecule has 0 unspecified atom stereocenters. The monoisotopic (exact) mass is 498 g/mol. The zero-order valence-corrected chi connectivity index (χ0v) is 20.4. The van der Waals surface area contributed by atoms with Crippen molar-refractivity contribution in [3.8, 4) is 0 Å². The van der Waals surface area contributed by atoms with Crippen molar-refractivity contribution >= 4 is 40.7 Å². The fraction of sp³-hybridized carbons (Fsp3) is 0.423. The van der Waals surface area contributed by atoms with E-state index in [-0.39, 0.29) is 30.3 Å². The summed E-state index contributed by atoms with van der Waals surface area (Å²) < 4.78 is 5.28. The number of nitrogens with zero attached hydrogens (tertiary/aromatic N) is 1. The van der Waals surface area contributed by atoms with Crippen molar-refractivity contribution < 1.29 is 19.1 Å². The fourth-order valence-electron chi connectivity index (χ4n) is 4.35. The second-order valence-corrected chi connectivity index (χ2v) is 9.29. The van der Waals surface area contributed by atoms with Gasteiger partial charge in [0.25, 0.3) is 11.8 Å². The second-order valence-electron chi connectivity index (χ2n) is 8.89. The summed E-state index contributed by atoms with van der Waals surface area (Å²) in [5.74, 6) is -0.485. The topological polar surface area (TPSA) is 99.8 Å². The van der Waals surface area contributed by atoms with Crippen LogP contribution in [0.15, 0.2) is 42.5 Å². The first-order valence-electron chi connectivity index (χ1n) is 12.1. The molecule has 186 valence electrons. The number of morpholine rings is 1. The highest BCUT2D eigenvalue weighted by Gasteiger charge is 2.20. The molecule has 2 aromatic rings. The quantitative estimate of drug-likeness (QED) is 0.537. The number of ether oxygens (including phenoxy) is 1. The first-order valence-corrected chi connectivity index (χ1v) is 12.5. The zero-order valence-electron chi connectivity index (χ0n) is 19.6. The van der Waals surface area contributed by atoms with Gasteiger partial charge >= 0.3 is 0 Å². The van der Waals surface area contributed by atoms with Crippen molar-refractivity contribution in [1.82, 2.24) is 10.2 Å². The van der Waals surface area contributed by atoms with E-state index >= 15 is 0 Å². The average Bonchev–Trinajstić information content (AvgIpc) is 2.89. The smallest absolute Gasteiger partial charge is 0.254 e. The first-order chi connectivity index (χ1) is 17.0. The summed E-state index contributed by atoms with van der Waals surface area (Å²) in [6, 6.07) is 12.1. The average molecular weight is 499 g/mol. The molecular weight excluding hydrogens is 468 g/mol. The van der Waals surface area contributed by atoms with Gasteiger partial charge in [0.1, 0.15) is 0 Å². The Morgan fingerprint density at radius 1 is 0.943 bits per heavy atom. The Kier molecular flexibility index (Phi) is 8.60. The van der Waals surface area contributed by atoms with Crippen molar-refractivity contribution in [3.05, 3.63) is 58.6 Å². The third kappa shape index (κ3) is 6.96. The summed E-state index contributed by atoms with van der Waals surface area (Å²) in [4.78, 5) is 39.4. The molecule has 1 saturated carbocycles. The maximum absolute atomic E-state index is 12.7. The molecule has 0 spiro atoms. The van der Waals surface area contributed by atoms with Gasteiger partial charge in [-0.05, 0) is 55.3 Å². The van der Waals surface area contributed by atoms with Crippen molar-refractivity contribution in [1.29, 1.82) is 0 Å². The summed E-state index contributed by atoms with van der Waals surface area (Å²) in [5, 5.41) is 9.29. The number of hydrogen-bond donors (Lipinski definition) is 3. The number of rotatable bonds is 7. The molecule has 8 nitrogen and oxygen atoms in total. The molecule has 1 saturated heterocycles. The molecule has 0 aromatic heterocycles. The van der Waals surface area contributed by atoms with Crippen molar-refractivity contribution in [2.24, 2.45) is 0 Å². The second kappa shape index (κ2) is 12.0. The van der Waals surface area contributed by atoms with E-state index in [4.69, 9.17) is 16.3 Å².